The van der Waals surface area contributed by atoms with E-state index in [0.717, 1.165) is 39.5 Å². The molecule has 1 aliphatic heterocycles. The molecule has 0 unspecified atom stereocenters. The van der Waals surface area contributed by atoms with Gasteiger partial charge in [0.05, 0.1) is 12.3 Å². The van der Waals surface area contributed by atoms with Gasteiger partial charge in [0.2, 0.25) is 0 Å². The summed E-state index contributed by atoms with van der Waals surface area (Å²) in [6, 6.07) is 28.1. The van der Waals surface area contributed by atoms with Crippen LogP contribution in [0.2, 0.25) is 0 Å². The zero-order valence-electron chi connectivity index (χ0n) is 26.0. The number of benzene rings is 3. The van der Waals surface area contributed by atoms with Gasteiger partial charge in [-0.15, -0.1) is 0 Å². The third-order valence-electron chi connectivity index (χ3n) is 7.93. The maximum atomic E-state index is 13.6. The lowest BCUT2D eigenvalue weighted by Gasteiger charge is -2.29. The van der Waals surface area contributed by atoms with E-state index in [2.05, 4.69) is 45.0 Å². The molecule has 0 bridgehead atoms. The molecule has 0 radical (unpaired) electrons. The first kappa shape index (κ1) is 31.5. The standard InChI is InChI=1S/C38H34N4O4/c1-26-33(37(45)41(25-34(43)44)38(46)35(26)39-2)24-29-21-20-28(13-11-12-27-18-22-30(23-19-27)40(3)4)36(29)42(31-14-7-5-8-15-31)32-16-9-6-10-17-32/h5-19,22-24H,20-21,25H2,1,3-4H3,(H,43,44)/b12-11+,28-13+,33-24-. The number of aliphatic carboxylic acids is 1. The van der Waals surface area contributed by atoms with Gasteiger partial charge < -0.3 is 14.9 Å². The number of imide groups is 1. The number of hydrogen-bond acceptors (Lipinski definition) is 5. The molecule has 0 fully saturated rings. The van der Waals surface area contributed by atoms with Crippen molar-refractivity contribution in [3.8, 4) is 0 Å². The summed E-state index contributed by atoms with van der Waals surface area (Å²) in [6.45, 7) is 8.35. The number of rotatable bonds is 9. The highest BCUT2D eigenvalue weighted by molar-refractivity contribution is 6.18. The van der Waals surface area contributed by atoms with Crippen LogP contribution in [0.4, 0.5) is 17.1 Å². The molecule has 2 amide bonds. The van der Waals surface area contributed by atoms with E-state index in [9.17, 15) is 19.5 Å². The zero-order valence-corrected chi connectivity index (χ0v) is 26.0. The van der Waals surface area contributed by atoms with Crippen molar-refractivity contribution in [3.63, 3.8) is 0 Å². The van der Waals surface area contributed by atoms with Crippen LogP contribution in [-0.4, -0.2) is 48.4 Å². The quantitative estimate of drug-likeness (QED) is 0.157. The van der Waals surface area contributed by atoms with E-state index in [-0.39, 0.29) is 16.8 Å². The van der Waals surface area contributed by atoms with Crippen LogP contribution in [0.1, 0.15) is 25.3 Å². The van der Waals surface area contributed by atoms with Crippen LogP contribution in [0, 0.1) is 6.57 Å². The molecule has 0 saturated carbocycles. The van der Waals surface area contributed by atoms with Gasteiger partial charge in [-0.3, -0.25) is 19.3 Å². The molecule has 230 valence electrons. The number of nitrogens with zero attached hydrogens (tertiary/aromatic N) is 4. The highest BCUT2D eigenvalue weighted by Crippen LogP contribution is 2.42. The Morgan fingerprint density at radius 1 is 0.891 bits per heavy atom. The minimum Gasteiger partial charge on any atom is -0.480 e. The molecule has 46 heavy (non-hydrogen) atoms. The summed E-state index contributed by atoms with van der Waals surface area (Å²) in [5.41, 5.74) is 6.88. The number of hydrogen-bond donors (Lipinski definition) is 1. The SMILES string of the molecule is [C-]#[N+]C1=C(C)/C(=C/C2=C(N(c3ccccc3)c3ccccc3)C(=C/C=C/c3ccc(N(C)C)cc3)/CC2)C(=O)N(CC(=O)O)C1=O. The number of carbonyl (C=O) groups excluding carboxylic acids is 2. The first-order valence-corrected chi connectivity index (χ1v) is 14.9. The predicted octanol–water partition coefficient (Wildman–Crippen LogP) is 7.15. The molecule has 1 heterocycles. The van der Waals surface area contributed by atoms with E-state index in [1.807, 2.05) is 86.9 Å². The highest BCUT2D eigenvalue weighted by atomic mass is 16.4. The van der Waals surface area contributed by atoms with Crippen LogP contribution < -0.4 is 9.80 Å². The van der Waals surface area contributed by atoms with Gasteiger partial charge in [0, 0.05) is 36.7 Å². The molecule has 8 heteroatoms. The second-order valence-corrected chi connectivity index (χ2v) is 11.2. The molecule has 2 aliphatic rings. The summed E-state index contributed by atoms with van der Waals surface area (Å²) in [4.78, 5) is 46.2. The Balaban J connectivity index is 1.69. The van der Waals surface area contributed by atoms with Crippen molar-refractivity contribution in [1.29, 1.82) is 0 Å². The lowest BCUT2D eigenvalue weighted by Crippen LogP contribution is -2.45. The molecule has 8 nitrogen and oxygen atoms in total. The topological polar surface area (TPSA) is 85.5 Å². The molecule has 5 rings (SSSR count). The fourth-order valence-electron chi connectivity index (χ4n) is 5.59. The van der Waals surface area contributed by atoms with Gasteiger partial charge in [-0.05, 0) is 84.5 Å². The van der Waals surface area contributed by atoms with Crippen LogP contribution in [0.5, 0.6) is 0 Å². The third kappa shape index (κ3) is 6.59. The van der Waals surface area contributed by atoms with Gasteiger partial charge >= 0.3 is 5.97 Å². The molecule has 1 aliphatic carbocycles. The second kappa shape index (κ2) is 13.8. The van der Waals surface area contributed by atoms with Crippen molar-refractivity contribution in [2.75, 3.05) is 30.4 Å². The Morgan fingerprint density at radius 2 is 1.50 bits per heavy atom. The molecule has 3 aromatic rings. The summed E-state index contributed by atoms with van der Waals surface area (Å²) >= 11 is 0. The summed E-state index contributed by atoms with van der Waals surface area (Å²) in [7, 11) is 4.01. The van der Waals surface area contributed by atoms with Crippen molar-refractivity contribution in [2.24, 2.45) is 0 Å². The molecular weight excluding hydrogens is 576 g/mol. The van der Waals surface area contributed by atoms with Gasteiger partial charge in [-0.2, -0.15) is 0 Å². The van der Waals surface area contributed by atoms with Crippen molar-refractivity contribution in [3.05, 3.63) is 154 Å². The zero-order chi connectivity index (χ0) is 32.8. The Kier molecular flexibility index (Phi) is 9.44. The lowest BCUT2D eigenvalue weighted by molar-refractivity contribution is -0.149. The first-order chi connectivity index (χ1) is 22.2. The number of allylic oxidation sites excluding steroid dienone is 5. The van der Waals surface area contributed by atoms with E-state index in [1.54, 1.807) is 13.0 Å². The highest BCUT2D eigenvalue weighted by Gasteiger charge is 2.37. The minimum atomic E-state index is -1.33. The summed E-state index contributed by atoms with van der Waals surface area (Å²) in [5.74, 6) is -2.95. The van der Waals surface area contributed by atoms with Crippen molar-refractivity contribution < 1.29 is 19.5 Å². The largest absolute Gasteiger partial charge is 0.480 e. The minimum absolute atomic E-state index is 0.137. The number of anilines is 3. The van der Waals surface area contributed by atoms with Gasteiger partial charge in [-0.1, -0.05) is 66.8 Å². The van der Waals surface area contributed by atoms with Crippen molar-refractivity contribution in [1.82, 2.24) is 4.90 Å². The molecule has 1 N–H and O–H groups in total. The van der Waals surface area contributed by atoms with Gasteiger partial charge in [0.1, 0.15) is 6.54 Å². The van der Waals surface area contributed by atoms with E-state index >= 15 is 0 Å². The Morgan fingerprint density at radius 3 is 2.04 bits per heavy atom. The Bertz CT molecular complexity index is 1820. The van der Waals surface area contributed by atoms with Crippen LogP contribution in [0.3, 0.4) is 0 Å². The molecule has 0 saturated heterocycles. The van der Waals surface area contributed by atoms with Crippen molar-refractivity contribution in [2.45, 2.75) is 19.8 Å². The van der Waals surface area contributed by atoms with Crippen LogP contribution >= 0.6 is 0 Å². The number of carboxylic acid groups (broad SMARTS) is 1. The van der Waals surface area contributed by atoms with E-state index in [1.165, 1.54) is 0 Å². The van der Waals surface area contributed by atoms with Gasteiger partial charge in [0.25, 0.3) is 17.5 Å². The molecule has 0 spiro atoms. The maximum Gasteiger partial charge on any atom is 0.323 e. The smallest absolute Gasteiger partial charge is 0.323 e. The van der Waals surface area contributed by atoms with E-state index in [0.29, 0.717) is 17.7 Å². The lowest BCUT2D eigenvalue weighted by atomic mass is 9.96. The second-order valence-electron chi connectivity index (χ2n) is 11.2. The molecule has 0 atom stereocenters. The van der Waals surface area contributed by atoms with Crippen LogP contribution in [-0.2, 0) is 14.4 Å². The summed E-state index contributed by atoms with van der Waals surface area (Å²) < 4.78 is 0. The average molecular weight is 611 g/mol. The first-order valence-electron chi connectivity index (χ1n) is 14.9. The number of para-hydroxylation sites is 2. The fraction of sp³-hybridized carbons (Fsp3) is 0.158. The van der Waals surface area contributed by atoms with E-state index in [4.69, 9.17) is 6.57 Å². The Labute approximate surface area is 269 Å². The number of amides is 2. The van der Waals surface area contributed by atoms with Crippen LogP contribution in [0.15, 0.2) is 137 Å². The molecule has 0 aromatic heterocycles. The maximum absolute atomic E-state index is 13.6. The average Bonchev–Trinajstić information content (AvgIpc) is 3.44. The molecular formula is C38H34N4O4. The van der Waals surface area contributed by atoms with Gasteiger partial charge in [0.15, 0.2) is 0 Å². The summed E-state index contributed by atoms with van der Waals surface area (Å²) in [6.07, 6.45) is 9.14. The van der Waals surface area contributed by atoms with E-state index < -0.39 is 24.3 Å². The molecule has 3 aromatic carbocycles. The normalized spacial score (nSPS) is 17.0. The van der Waals surface area contributed by atoms with Crippen LogP contribution in [0.25, 0.3) is 10.9 Å². The number of carboxylic acids is 1. The monoisotopic (exact) mass is 610 g/mol. The van der Waals surface area contributed by atoms with Crippen molar-refractivity contribution >= 4 is 40.9 Å². The predicted molar refractivity (Wildman–Crippen MR) is 181 cm³/mol. The van der Waals surface area contributed by atoms with Gasteiger partial charge in [-0.25, -0.2) is 4.85 Å². The Hall–Kier alpha value is -5.94. The summed E-state index contributed by atoms with van der Waals surface area (Å²) in [5, 5.41) is 9.41. The number of carbonyl (C=O) groups is 3. The fourth-order valence-corrected chi connectivity index (χ4v) is 5.59. The third-order valence-corrected chi connectivity index (χ3v) is 7.93.